The molecule has 23 heavy (non-hydrogen) atoms. The fourth-order valence-corrected chi connectivity index (χ4v) is 3.19. The maximum absolute atomic E-state index is 11.9. The number of thioether (sulfide) groups is 1. The van der Waals surface area contributed by atoms with Gasteiger partial charge in [-0.1, -0.05) is 30.3 Å². The molecule has 1 aromatic rings. The molecule has 2 rings (SSSR count). The van der Waals surface area contributed by atoms with Gasteiger partial charge in [0.25, 0.3) is 5.54 Å². The zero-order chi connectivity index (χ0) is 16.9. The van der Waals surface area contributed by atoms with Crippen LogP contribution in [0.1, 0.15) is 12.5 Å². The summed E-state index contributed by atoms with van der Waals surface area (Å²) in [6, 6.07) is 9.01. The number of carboxylic acids is 1. The van der Waals surface area contributed by atoms with Crippen molar-refractivity contribution in [2.75, 3.05) is 12.5 Å². The summed E-state index contributed by atoms with van der Waals surface area (Å²) in [4.78, 5) is 22.5. The van der Waals surface area contributed by atoms with Crippen LogP contribution in [0.4, 0.5) is 0 Å². The van der Waals surface area contributed by atoms with Gasteiger partial charge in [0.1, 0.15) is 6.26 Å². The van der Waals surface area contributed by atoms with Crippen LogP contribution in [-0.2, 0) is 20.7 Å². The number of nitro groups is 1. The molecule has 1 N–H and O–H groups in total. The number of carbonyl (C=O) groups is 1. The van der Waals surface area contributed by atoms with Crippen LogP contribution in [0.5, 0.6) is 0 Å². The molecule has 0 saturated carbocycles. The first-order valence-electron chi connectivity index (χ1n) is 6.93. The first-order valence-corrected chi connectivity index (χ1v) is 7.98. The Hall–Kier alpha value is -2.22. The normalized spacial score (nSPS) is 17.3. The number of ether oxygens (including phenoxy) is 2. The lowest BCUT2D eigenvalue weighted by Crippen LogP contribution is -2.46. The van der Waals surface area contributed by atoms with Gasteiger partial charge in [0.05, 0.1) is 17.4 Å². The number of benzene rings is 1. The summed E-state index contributed by atoms with van der Waals surface area (Å²) in [6.07, 6.45) is 1.34. The number of rotatable bonds is 8. The molecule has 1 heterocycles. The fourth-order valence-electron chi connectivity index (χ4n) is 2.17. The molecule has 0 fully saturated rings. The molecule has 1 aliphatic heterocycles. The van der Waals surface area contributed by atoms with E-state index in [0.717, 1.165) is 17.3 Å². The quantitative estimate of drug-likeness (QED) is 0.573. The lowest BCUT2D eigenvalue weighted by molar-refractivity contribution is -0.556. The van der Waals surface area contributed by atoms with Crippen molar-refractivity contribution >= 4 is 17.7 Å². The van der Waals surface area contributed by atoms with Crippen LogP contribution < -0.4 is 0 Å². The molecule has 0 radical (unpaired) electrons. The number of nitrogens with zero attached hydrogens (tertiary/aromatic N) is 1. The van der Waals surface area contributed by atoms with Gasteiger partial charge >= 0.3 is 5.97 Å². The molecule has 0 saturated heterocycles. The summed E-state index contributed by atoms with van der Waals surface area (Å²) < 4.78 is 10.3. The molecule has 7 nitrogen and oxygen atoms in total. The van der Waals surface area contributed by atoms with Crippen molar-refractivity contribution in [3.05, 3.63) is 58.0 Å². The molecular weight excluding hydrogens is 322 g/mol. The highest BCUT2D eigenvalue weighted by Gasteiger charge is 2.51. The predicted molar refractivity (Wildman–Crippen MR) is 84.5 cm³/mol. The average Bonchev–Trinajstić information content (AvgIpc) is 3.06. The highest BCUT2D eigenvalue weighted by molar-refractivity contribution is 8.00. The molecule has 0 spiro atoms. The van der Waals surface area contributed by atoms with Crippen molar-refractivity contribution < 1.29 is 24.3 Å². The van der Waals surface area contributed by atoms with Gasteiger partial charge in [-0.25, -0.2) is 0 Å². The number of aliphatic carboxylic acids is 1. The van der Waals surface area contributed by atoms with E-state index < -0.39 is 21.7 Å². The molecule has 1 aromatic carbocycles. The molecule has 1 aliphatic rings. The molecule has 2 atom stereocenters. The second-order valence-corrected chi connectivity index (χ2v) is 6.48. The van der Waals surface area contributed by atoms with Crippen LogP contribution in [0.3, 0.4) is 0 Å². The summed E-state index contributed by atoms with van der Waals surface area (Å²) in [6.45, 7) is 1.43. The Bertz CT molecular complexity index is 605. The van der Waals surface area contributed by atoms with Gasteiger partial charge < -0.3 is 14.6 Å². The Kier molecular flexibility index (Phi) is 5.49. The number of carboxylic acid groups (broad SMARTS) is 1. The van der Waals surface area contributed by atoms with Gasteiger partial charge in [-0.05, 0) is 12.5 Å². The molecule has 2 unspecified atom stereocenters. The van der Waals surface area contributed by atoms with Crippen molar-refractivity contribution in [2.24, 2.45) is 0 Å². The van der Waals surface area contributed by atoms with Crippen LogP contribution in [-0.4, -0.2) is 39.3 Å². The van der Waals surface area contributed by atoms with Crippen LogP contribution in [0, 0.1) is 10.1 Å². The number of hydrogen-bond donors (Lipinski definition) is 1. The molecule has 0 bridgehead atoms. The third-order valence-corrected chi connectivity index (χ3v) is 4.89. The van der Waals surface area contributed by atoms with Crippen LogP contribution >= 0.6 is 11.8 Å². The summed E-state index contributed by atoms with van der Waals surface area (Å²) in [5.74, 6) is -0.918. The van der Waals surface area contributed by atoms with E-state index in [1.165, 1.54) is 13.2 Å². The lowest BCUT2D eigenvalue weighted by atomic mass is 9.91. The van der Waals surface area contributed by atoms with Gasteiger partial charge in [-0.3, -0.25) is 14.9 Å². The van der Waals surface area contributed by atoms with Crippen molar-refractivity contribution in [1.29, 1.82) is 0 Å². The molecule has 0 aromatic heterocycles. The second kappa shape index (κ2) is 7.36. The first-order chi connectivity index (χ1) is 11.0. The van der Waals surface area contributed by atoms with E-state index >= 15 is 0 Å². The van der Waals surface area contributed by atoms with Crippen LogP contribution in [0.15, 0.2) is 42.4 Å². The Labute approximate surface area is 137 Å². The SMILES string of the molecule is CC(SCC(Cc1ccccc1)(C1=COCO1)[N+](=O)[O-])C(=O)O. The van der Waals surface area contributed by atoms with Gasteiger partial charge in [0, 0.05) is 4.92 Å². The van der Waals surface area contributed by atoms with E-state index in [2.05, 4.69) is 0 Å². The standard InChI is InChI=1S/C15H17NO6S/c1-11(14(17)18)23-9-15(16(19)20,13-8-21-10-22-13)7-12-5-3-2-4-6-12/h2-6,8,11H,7,9-10H2,1H3,(H,17,18). The smallest absolute Gasteiger partial charge is 0.316 e. The van der Waals surface area contributed by atoms with Gasteiger partial charge in [-0.2, -0.15) is 0 Å². The van der Waals surface area contributed by atoms with E-state index in [1.54, 1.807) is 24.3 Å². The van der Waals surface area contributed by atoms with E-state index in [9.17, 15) is 14.9 Å². The lowest BCUT2D eigenvalue weighted by Gasteiger charge is -2.25. The van der Waals surface area contributed by atoms with Crippen LogP contribution in [0.25, 0.3) is 0 Å². The predicted octanol–water partition coefficient (Wildman–Crippen LogP) is 2.30. The minimum Gasteiger partial charge on any atom is -0.480 e. The van der Waals surface area contributed by atoms with Gasteiger partial charge in [-0.15, -0.1) is 11.8 Å². The molecular formula is C15H17NO6S. The Morgan fingerprint density at radius 1 is 1.48 bits per heavy atom. The Morgan fingerprint density at radius 2 is 2.17 bits per heavy atom. The zero-order valence-corrected chi connectivity index (χ0v) is 13.3. The fraction of sp³-hybridized carbons (Fsp3) is 0.400. The van der Waals surface area contributed by atoms with E-state index in [0.29, 0.717) is 0 Å². The molecule has 0 amide bonds. The summed E-state index contributed by atoms with van der Waals surface area (Å²) in [5, 5.41) is 20.1. The second-order valence-electron chi connectivity index (χ2n) is 5.15. The van der Waals surface area contributed by atoms with Gasteiger partial charge in [0.2, 0.25) is 12.6 Å². The zero-order valence-electron chi connectivity index (χ0n) is 12.5. The summed E-state index contributed by atoms with van der Waals surface area (Å²) in [5.41, 5.74) is -0.796. The van der Waals surface area contributed by atoms with Crippen molar-refractivity contribution in [3.8, 4) is 0 Å². The minimum atomic E-state index is -1.56. The summed E-state index contributed by atoms with van der Waals surface area (Å²) in [7, 11) is 0. The molecule has 124 valence electrons. The minimum absolute atomic E-state index is 0.0302. The number of hydrogen-bond acceptors (Lipinski definition) is 6. The Morgan fingerprint density at radius 3 is 2.70 bits per heavy atom. The van der Waals surface area contributed by atoms with E-state index in [1.807, 2.05) is 6.07 Å². The van der Waals surface area contributed by atoms with Gasteiger partial charge in [0.15, 0.2) is 0 Å². The van der Waals surface area contributed by atoms with Crippen molar-refractivity contribution in [1.82, 2.24) is 0 Å². The monoisotopic (exact) mass is 339 g/mol. The van der Waals surface area contributed by atoms with Crippen molar-refractivity contribution in [3.63, 3.8) is 0 Å². The first kappa shape index (κ1) is 17.1. The van der Waals surface area contributed by atoms with E-state index in [-0.39, 0.29) is 24.7 Å². The van der Waals surface area contributed by atoms with Crippen molar-refractivity contribution in [2.45, 2.75) is 24.1 Å². The average molecular weight is 339 g/mol. The highest BCUT2D eigenvalue weighted by atomic mass is 32.2. The third kappa shape index (κ3) is 3.95. The topological polar surface area (TPSA) is 98.9 Å². The van der Waals surface area contributed by atoms with Crippen LogP contribution in [0.2, 0.25) is 0 Å². The maximum atomic E-state index is 11.9. The largest absolute Gasteiger partial charge is 0.480 e. The Balaban J connectivity index is 2.31. The summed E-state index contributed by atoms with van der Waals surface area (Å²) >= 11 is 1.01. The third-order valence-electron chi connectivity index (χ3n) is 3.54. The molecule has 8 heteroatoms. The maximum Gasteiger partial charge on any atom is 0.316 e. The highest BCUT2D eigenvalue weighted by Crippen LogP contribution is 2.34. The molecule has 0 aliphatic carbocycles. The van der Waals surface area contributed by atoms with E-state index in [4.69, 9.17) is 14.6 Å².